The SMILES string of the molecule is O=Cc1nc(Br)no1. The molecule has 0 aliphatic carbocycles. The Bertz CT molecular complexity index is 197. The maximum absolute atomic E-state index is 9.80. The monoisotopic (exact) mass is 176 g/mol. The highest BCUT2D eigenvalue weighted by Crippen LogP contribution is 2.00. The molecule has 1 heterocycles. The van der Waals surface area contributed by atoms with E-state index >= 15 is 0 Å². The zero-order valence-corrected chi connectivity index (χ0v) is 5.25. The molecule has 1 aromatic rings. The standard InChI is InChI=1S/C3HBrN2O2/c4-3-5-2(1-7)8-6-3/h1H. The molecule has 0 saturated carbocycles. The Morgan fingerprint density at radius 3 is 2.75 bits per heavy atom. The van der Waals surface area contributed by atoms with Gasteiger partial charge in [-0.25, -0.2) is 0 Å². The maximum Gasteiger partial charge on any atom is 0.291 e. The molecule has 0 bridgehead atoms. The molecule has 0 fully saturated rings. The van der Waals surface area contributed by atoms with Gasteiger partial charge in [0.1, 0.15) is 0 Å². The summed E-state index contributed by atoms with van der Waals surface area (Å²) in [4.78, 5) is 13.3. The summed E-state index contributed by atoms with van der Waals surface area (Å²) in [6.45, 7) is 0. The van der Waals surface area contributed by atoms with E-state index in [4.69, 9.17) is 0 Å². The second-order valence-corrected chi connectivity index (χ2v) is 1.73. The van der Waals surface area contributed by atoms with Crippen LogP contribution < -0.4 is 0 Å². The molecule has 0 N–H and O–H groups in total. The van der Waals surface area contributed by atoms with Gasteiger partial charge in [0.2, 0.25) is 11.0 Å². The van der Waals surface area contributed by atoms with E-state index < -0.39 is 0 Å². The number of nitrogens with zero attached hydrogens (tertiary/aromatic N) is 2. The van der Waals surface area contributed by atoms with Gasteiger partial charge < -0.3 is 4.52 Å². The summed E-state index contributed by atoms with van der Waals surface area (Å²) >= 11 is 2.90. The van der Waals surface area contributed by atoms with Crippen LogP contribution in [0.4, 0.5) is 0 Å². The van der Waals surface area contributed by atoms with E-state index in [0.717, 1.165) is 0 Å². The van der Waals surface area contributed by atoms with Crippen molar-refractivity contribution in [3.63, 3.8) is 0 Å². The molecule has 4 nitrogen and oxygen atoms in total. The average Bonchev–Trinajstić information content (AvgIpc) is 2.14. The molecule has 0 aliphatic heterocycles. The Hall–Kier alpha value is -0.710. The number of rotatable bonds is 1. The van der Waals surface area contributed by atoms with Gasteiger partial charge in [0.25, 0.3) is 5.89 Å². The molecule has 0 spiro atoms. The highest BCUT2D eigenvalue weighted by Gasteiger charge is 1.97. The van der Waals surface area contributed by atoms with E-state index in [-0.39, 0.29) is 5.89 Å². The molecule has 5 heteroatoms. The van der Waals surface area contributed by atoms with Crippen LogP contribution >= 0.6 is 15.9 Å². The number of hydrogen-bond donors (Lipinski definition) is 0. The third-order valence-corrected chi connectivity index (χ3v) is 0.840. The minimum Gasteiger partial charge on any atom is -0.330 e. The summed E-state index contributed by atoms with van der Waals surface area (Å²) in [5.74, 6) is -0.0168. The molecular weight excluding hydrogens is 176 g/mol. The minimum absolute atomic E-state index is 0.0168. The van der Waals surface area contributed by atoms with Gasteiger partial charge in [-0.15, -0.1) is 0 Å². The van der Waals surface area contributed by atoms with E-state index in [1.807, 2.05) is 0 Å². The maximum atomic E-state index is 9.80. The fraction of sp³-hybridized carbons (Fsp3) is 0. The van der Waals surface area contributed by atoms with Gasteiger partial charge in [-0.05, 0) is 21.1 Å². The first kappa shape index (κ1) is 5.43. The summed E-state index contributed by atoms with van der Waals surface area (Å²) in [6, 6.07) is 0. The fourth-order valence-corrected chi connectivity index (χ4v) is 0.511. The van der Waals surface area contributed by atoms with Gasteiger partial charge in [-0.3, -0.25) is 4.79 Å². The molecule has 0 atom stereocenters. The lowest BCUT2D eigenvalue weighted by Crippen LogP contribution is -1.74. The van der Waals surface area contributed by atoms with Crippen molar-refractivity contribution in [2.24, 2.45) is 0 Å². The van der Waals surface area contributed by atoms with Crippen LogP contribution in [0.2, 0.25) is 0 Å². The number of hydrogen-bond acceptors (Lipinski definition) is 4. The number of carbonyl (C=O) groups is 1. The Morgan fingerprint density at radius 1 is 1.75 bits per heavy atom. The number of aldehydes is 1. The quantitative estimate of drug-likeness (QED) is 0.590. The van der Waals surface area contributed by atoms with Gasteiger partial charge in [0, 0.05) is 0 Å². The summed E-state index contributed by atoms with van der Waals surface area (Å²) in [6.07, 6.45) is 0.484. The van der Waals surface area contributed by atoms with Crippen molar-refractivity contribution < 1.29 is 9.32 Å². The third-order valence-electron chi connectivity index (χ3n) is 0.518. The summed E-state index contributed by atoms with van der Waals surface area (Å²) in [5, 5.41) is 3.29. The number of aromatic nitrogens is 2. The van der Waals surface area contributed by atoms with Gasteiger partial charge in [-0.1, -0.05) is 0 Å². The zero-order chi connectivity index (χ0) is 5.98. The van der Waals surface area contributed by atoms with Crippen LogP contribution in [0, 0.1) is 0 Å². The molecular formula is C3HBrN2O2. The summed E-state index contributed by atoms with van der Waals surface area (Å²) in [7, 11) is 0. The molecule has 0 radical (unpaired) electrons. The molecule has 0 amide bonds. The number of carbonyl (C=O) groups excluding carboxylic acids is 1. The molecule has 0 aromatic carbocycles. The van der Waals surface area contributed by atoms with E-state index in [1.54, 1.807) is 0 Å². The second kappa shape index (κ2) is 2.04. The van der Waals surface area contributed by atoms with Crippen molar-refractivity contribution in [3.8, 4) is 0 Å². The van der Waals surface area contributed by atoms with Crippen LogP contribution in [-0.2, 0) is 0 Å². The minimum atomic E-state index is -0.0168. The Kier molecular flexibility index (Phi) is 1.38. The molecule has 42 valence electrons. The van der Waals surface area contributed by atoms with Gasteiger partial charge in [0.05, 0.1) is 0 Å². The molecule has 1 aromatic heterocycles. The highest BCUT2D eigenvalue weighted by atomic mass is 79.9. The van der Waals surface area contributed by atoms with Crippen molar-refractivity contribution in [3.05, 3.63) is 10.6 Å². The smallest absolute Gasteiger partial charge is 0.291 e. The first-order valence-corrected chi connectivity index (χ1v) is 2.56. The molecule has 8 heavy (non-hydrogen) atoms. The lowest BCUT2D eigenvalue weighted by molar-refractivity contribution is 0.108. The summed E-state index contributed by atoms with van der Waals surface area (Å²) in [5.41, 5.74) is 0. The van der Waals surface area contributed by atoms with Gasteiger partial charge >= 0.3 is 0 Å². The van der Waals surface area contributed by atoms with Crippen molar-refractivity contribution in [2.75, 3.05) is 0 Å². The first-order valence-electron chi connectivity index (χ1n) is 1.77. The van der Waals surface area contributed by atoms with E-state index in [1.165, 1.54) is 0 Å². The van der Waals surface area contributed by atoms with Crippen molar-refractivity contribution in [2.45, 2.75) is 0 Å². The van der Waals surface area contributed by atoms with E-state index in [0.29, 0.717) is 11.0 Å². The van der Waals surface area contributed by atoms with Crippen LogP contribution in [-0.4, -0.2) is 16.4 Å². The molecule has 0 unspecified atom stereocenters. The van der Waals surface area contributed by atoms with E-state index in [2.05, 4.69) is 30.6 Å². The van der Waals surface area contributed by atoms with Crippen molar-refractivity contribution in [1.82, 2.24) is 10.1 Å². The zero-order valence-electron chi connectivity index (χ0n) is 3.67. The third kappa shape index (κ3) is 0.919. The topological polar surface area (TPSA) is 56.0 Å². The van der Waals surface area contributed by atoms with Crippen LogP contribution in [0.25, 0.3) is 0 Å². The lowest BCUT2D eigenvalue weighted by atomic mass is 10.8. The van der Waals surface area contributed by atoms with Crippen molar-refractivity contribution in [1.29, 1.82) is 0 Å². The van der Waals surface area contributed by atoms with E-state index in [9.17, 15) is 4.79 Å². The van der Waals surface area contributed by atoms with Crippen LogP contribution in [0.5, 0.6) is 0 Å². The Labute approximate surface area is 53.0 Å². The lowest BCUT2D eigenvalue weighted by Gasteiger charge is -1.63. The van der Waals surface area contributed by atoms with Crippen molar-refractivity contribution >= 4 is 22.2 Å². The molecule has 1 rings (SSSR count). The molecule has 0 saturated heterocycles. The fourth-order valence-electron chi connectivity index (χ4n) is 0.264. The highest BCUT2D eigenvalue weighted by molar-refractivity contribution is 9.10. The van der Waals surface area contributed by atoms with Gasteiger partial charge in [-0.2, -0.15) is 4.98 Å². The predicted octanol–water partition coefficient (Wildman–Crippen LogP) is 0.645. The van der Waals surface area contributed by atoms with Crippen LogP contribution in [0.3, 0.4) is 0 Å². The average molecular weight is 177 g/mol. The Morgan fingerprint density at radius 2 is 2.50 bits per heavy atom. The van der Waals surface area contributed by atoms with Gasteiger partial charge in [0.15, 0.2) is 0 Å². The van der Waals surface area contributed by atoms with Crippen LogP contribution in [0.15, 0.2) is 9.26 Å². The largest absolute Gasteiger partial charge is 0.330 e. The molecule has 0 aliphatic rings. The normalized spacial score (nSPS) is 9.12. The number of halogens is 1. The second-order valence-electron chi connectivity index (χ2n) is 1.02. The summed E-state index contributed by atoms with van der Waals surface area (Å²) < 4.78 is 4.63. The predicted molar refractivity (Wildman–Crippen MR) is 27.4 cm³/mol. The van der Waals surface area contributed by atoms with Crippen LogP contribution in [0.1, 0.15) is 10.7 Å². The Balaban J connectivity index is 3.00. The first-order chi connectivity index (χ1) is 3.83.